The van der Waals surface area contributed by atoms with Gasteiger partial charge >= 0.3 is 11.9 Å². The maximum absolute atomic E-state index is 12.8. The Balaban J connectivity index is 2.63. The molecule has 27 heavy (non-hydrogen) atoms. The van der Waals surface area contributed by atoms with E-state index in [1.165, 1.54) is 0 Å². The molecule has 2 rings (SSSR count). The van der Waals surface area contributed by atoms with Gasteiger partial charge in [0.25, 0.3) is 0 Å². The molecule has 0 aliphatic heterocycles. The quantitative estimate of drug-likeness (QED) is 0.384. The van der Waals surface area contributed by atoms with Crippen LogP contribution in [0.25, 0.3) is 11.1 Å². The average Bonchev–Trinajstić information content (AvgIpc) is 2.80. The van der Waals surface area contributed by atoms with Gasteiger partial charge in [0.2, 0.25) is 0 Å². The summed E-state index contributed by atoms with van der Waals surface area (Å²) in [5, 5.41) is 0. The molecular formula is C21H25BrO5. The SMILES string of the molecule is CCCCOC(=O)c1c2cccc(Br)cc-2c(C(=O)OCCC)c1OCC. The van der Waals surface area contributed by atoms with Crippen LogP contribution in [0.15, 0.2) is 28.7 Å². The smallest absolute Gasteiger partial charge is 0.342 e. The molecule has 0 aromatic rings. The molecule has 0 unspecified atom stereocenters. The van der Waals surface area contributed by atoms with Crippen LogP contribution in [0.4, 0.5) is 0 Å². The molecule has 0 radical (unpaired) electrons. The zero-order valence-corrected chi connectivity index (χ0v) is 17.6. The van der Waals surface area contributed by atoms with Crippen LogP contribution in [0.3, 0.4) is 0 Å². The van der Waals surface area contributed by atoms with Crippen molar-refractivity contribution in [3.8, 4) is 16.9 Å². The molecule has 0 aromatic heterocycles. The van der Waals surface area contributed by atoms with Crippen molar-refractivity contribution in [1.82, 2.24) is 0 Å². The van der Waals surface area contributed by atoms with Gasteiger partial charge < -0.3 is 14.2 Å². The van der Waals surface area contributed by atoms with Gasteiger partial charge in [0.15, 0.2) is 0 Å². The largest absolute Gasteiger partial charge is 0.492 e. The van der Waals surface area contributed by atoms with Crippen LogP contribution in [-0.2, 0) is 9.47 Å². The Kier molecular flexibility index (Phi) is 8.10. The molecular weight excluding hydrogens is 412 g/mol. The van der Waals surface area contributed by atoms with E-state index in [2.05, 4.69) is 15.9 Å². The molecule has 2 aliphatic carbocycles. The lowest BCUT2D eigenvalue weighted by Crippen LogP contribution is -2.10. The standard InChI is InChI=1S/C21H25BrO5/c1-4-7-12-27-20(23)17-15-10-8-9-14(22)13-16(15)18(19(17)25-6-3)21(24)26-11-5-2/h8-10,13H,4-7,11-12H2,1-3H3. The third-order valence-electron chi connectivity index (χ3n) is 3.95. The number of fused-ring (bicyclic) bond motifs is 1. The van der Waals surface area contributed by atoms with Gasteiger partial charge in [-0.15, -0.1) is 0 Å². The Labute approximate surface area is 168 Å². The van der Waals surface area contributed by atoms with Crippen molar-refractivity contribution in [3.63, 3.8) is 0 Å². The number of carbonyl (C=O) groups excluding carboxylic acids is 2. The molecule has 6 heteroatoms. The molecule has 0 saturated heterocycles. The van der Waals surface area contributed by atoms with Crippen LogP contribution in [0.1, 0.15) is 60.7 Å². The van der Waals surface area contributed by atoms with Crippen LogP contribution in [0.2, 0.25) is 0 Å². The van der Waals surface area contributed by atoms with Crippen molar-refractivity contribution < 1.29 is 23.8 Å². The van der Waals surface area contributed by atoms with Crippen molar-refractivity contribution in [2.75, 3.05) is 19.8 Å². The zero-order valence-electron chi connectivity index (χ0n) is 16.0. The van der Waals surface area contributed by atoms with Gasteiger partial charge in [-0.25, -0.2) is 9.59 Å². The number of unbranched alkanes of at least 4 members (excludes halogenated alkanes) is 1. The first-order chi connectivity index (χ1) is 13.0. The Morgan fingerprint density at radius 1 is 0.926 bits per heavy atom. The van der Waals surface area contributed by atoms with E-state index in [1.54, 1.807) is 19.1 Å². The number of halogens is 1. The van der Waals surface area contributed by atoms with Crippen molar-refractivity contribution in [2.45, 2.75) is 40.0 Å². The lowest BCUT2D eigenvalue weighted by molar-refractivity contribution is 0.0496. The summed E-state index contributed by atoms with van der Waals surface area (Å²) in [6.45, 7) is 6.69. The van der Waals surface area contributed by atoms with E-state index in [1.807, 2.05) is 26.0 Å². The highest BCUT2D eigenvalue weighted by Gasteiger charge is 2.33. The summed E-state index contributed by atoms with van der Waals surface area (Å²) in [6.07, 6.45) is 2.40. The Hall–Kier alpha value is -2.08. The number of ether oxygens (including phenoxy) is 3. The van der Waals surface area contributed by atoms with E-state index >= 15 is 0 Å². The summed E-state index contributed by atoms with van der Waals surface area (Å²) in [7, 11) is 0. The molecule has 0 saturated carbocycles. The van der Waals surface area contributed by atoms with E-state index in [9.17, 15) is 9.59 Å². The van der Waals surface area contributed by atoms with E-state index in [0.717, 1.165) is 17.3 Å². The van der Waals surface area contributed by atoms with Gasteiger partial charge in [-0.1, -0.05) is 48.3 Å². The lowest BCUT2D eigenvalue weighted by atomic mass is 10.1. The molecule has 5 nitrogen and oxygen atoms in total. The summed E-state index contributed by atoms with van der Waals surface area (Å²) >= 11 is 3.45. The lowest BCUT2D eigenvalue weighted by Gasteiger charge is -2.09. The Bertz CT molecular complexity index is 772. The second kappa shape index (κ2) is 10.3. The summed E-state index contributed by atoms with van der Waals surface area (Å²) in [5.74, 6) is -0.766. The van der Waals surface area contributed by atoms with Crippen LogP contribution >= 0.6 is 15.9 Å². The first-order valence-corrected chi connectivity index (χ1v) is 10.1. The van der Waals surface area contributed by atoms with Crippen molar-refractivity contribution >= 4 is 27.9 Å². The normalized spacial score (nSPS) is 10.7. The van der Waals surface area contributed by atoms with Crippen molar-refractivity contribution in [3.05, 3.63) is 39.9 Å². The molecule has 0 amide bonds. The summed E-state index contributed by atoms with van der Waals surface area (Å²) in [5.41, 5.74) is 1.74. The Morgan fingerprint density at radius 2 is 1.59 bits per heavy atom. The van der Waals surface area contributed by atoms with E-state index in [4.69, 9.17) is 14.2 Å². The molecule has 2 aliphatic rings. The van der Waals surface area contributed by atoms with Gasteiger partial charge in [0, 0.05) is 15.6 Å². The minimum atomic E-state index is -0.504. The molecule has 0 bridgehead atoms. The van der Waals surface area contributed by atoms with Gasteiger partial charge in [-0.2, -0.15) is 0 Å². The maximum Gasteiger partial charge on any atom is 0.342 e. The van der Waals surface area contributed by atoms with Crippen LogP contribution in [-0.4, -0.2) is 31.8 Å². The molecule has 0 N–H and O–H groups in total. The number of esters is 2. The zero-order chi connectivity index (χ0) is 19.8. The monoisotopic (exact) mass is 436 g/mol. The average molecular weight is 437 g/mol. The van der Waals surface area contributed by atoms with Gasteiger partial charge in [-0.05, 0) is 31.9 Å². The minimum Gasteiger partial charge on any atom is -0.492 e. The Morgan fingerprint density at radius 3 is 2.22 bits per heavy atom. The first-order valence-electron chi connectivity index (χ1n) is 9.27. The number of hydrogen-bond acceptors (Lipinski definition) is 5. The first kappa shape index (κ1) is 21.2. The molecule has 0 fully saturated rings. The molecule has 0 heterocycles. The summed E-state index contributed by atoms with van der Waals surface area (Å²) < 4.78 is 17.3. The molecule has 146 valence electrons. The summed E-state index contributed by atoms with van der Waals surface area (Å²) in [6, 6.07) is 7.23. The van der Waals surface area contributed by atoms with Crippen LogP contribution in [0.5, 0.6) is 5.75 Å². The highest BCUT2D eigenvalue weighted by Crippen LogP contribution is 2.43. The van der Waals surface area contributed by atoms with Gasteiger partial charge in [0.1, 0.15) is 16.9 Å². The second-order valence-electron chi connectivity index (χ2n) is 6.02. The summed E-state index contributed by atoms with van der Waals surface area (Å²) in [4.78, 5) is 25.6. The van der Waals surface area contributed by atoms with E-state index in [0.29, 0.717) is 37.4 Å². The third-order valence-corrected chi connectivity index (χ3v) is 4.44. The van der Waals surface area contributed by atoms with Crippen LogP contribution in [0, 0.1) is 0 Å². The highest BCUT2D eigenvalue weighted by atomic mass is 79.9. The van der Waals surface area contributed by atoms with Crippen molar-refractivity contribution in [2.24, 2.45) is 0 Å². The fourth-order valence-electron chi connectivity index (χ4n) is 2.73. The van der Waals surface area contributed by atoms with Crippen molar-refractivity contribution in [1.29, 1.82) is 0 Å². The van der Waals surface area contributed by atoms with Gasteiger partial charge in [0.05, 0.1) is 19.8 Å². The second-order valence-corrected chi connectivity index (χ2v) is 6.94. The molecule has 0 spiro atoms. The predicted octanol–water partition coefficient (Wildman–Crippen LogP) is 5.48. The molecule has 0 aromatic carbocycles. The van der Waals surface area contributed by atoms with E-state index in [-0.39, 0.29) is 16.9 Å². The molecule has 0 atom stereocenters. The minimum absolute atomic E-state index is 0.230. The third kappa shape index (κ3) is 5.01. The fraction of sp³-hybridized carbons (Fsp3) is 0.429. The maximum atomic E-state index is 12.8. The predicted molar refractivity (Wildman–Crippen MR) is 108 cm³/mol. The van der Waals surface area contributed by atoms with Crippen LogP contribution < -0.4 is 4.74 Å². The number of hydrogen-bond donors (Lipinski definition) is 0. The highest BCUT2D eigenvalue weighted by molar-refractivity contribution is 9.10. The number of rotatable bonds is 9. The van der Waals surface area contributed by atoms with Gasteiger partial charge in [-0.3, -0.25) is 0 Å². The number of carbonyl (C=O) groups is 2. The fourth-order valence-corrected chi connectivity index (χ4v) is 3.11. The van der Waals surface area contributed by atoms with E-state index < -0.39 is 11.9 Å². The topological polar surface area (TPSA) is 61.8 Å².